The van der Waals surface area contributed by atoms with Crippen molar-refractivity contribution in [2.45, 2.75) is 4.90 Å². The van der Waals surface area contributed by atoms with Gasteiger partial charge in [-0.1, -0.05) is 6.07 Å². The van der Waals surface area contributed by atoms with E-state index >= 15 is 0 Å². The van der Waals surface area contributed by atoms with Gasteiger partial charge in [-0.2, -0.15) is 0 Å². The van der Waals surface area contributed by atoms with Gasteiger partial charge in [0.25, 0.3) is 0 Å². The van der Waals surface area contributed by atoms with Crippen LogP contribution in [0.5, 0.6) is 0 Å². The van der Waals surface area contributed by atoms with Gasteiger partial charge in [-0.15, -0.1) is 0 Å². The minimum atomic E-state index is -3.31. The van der Waals surface area contributed by atoms with Crippen molar-refractivity contribution in [1.82, 2.24) is 4.98 Å². The zero-order valence-corrected chi connectivity index (χ0v) is 12.5. The van der Waals surface area contributed by atoms with E-state index in [-0.39, 0.29) is 16.2 Å². The van der Waals surface area contributed by atoms with Crippen LogP contribution in [-0.4, -0.2) is 38.0 Å². The van der Waals surface area contributed by atoms with Crippen LogP contribution in [0.1, 0.15) is 20.8 Å². The van der Waals surface area contributed by atoms with Crippen molar-refractivity contribution >= 4 is 21.6 Å². The van der Waals surface area contributed by atoms with E-state index in [1.54, 1.807) is 12.1 Å². The first-order valence-corrected chi connectivity index (χ1v) is 8.18. The highest BCUT2D eigenvalue weighted by molar-refractivity contribution is 7.90. The monoisotopic (exact) mass is 319 g/mol. The molecule has 0 aliphatic heterocycles. The van der Waals surface area contributed by atoms with E-state index < -0.39 is 28.2 Å². The Kier molecular flexibility index (Phi) is 4.67. The van der Waals surface area contributed by atoms with E-state index in [2.05, 4.69) is 4.98 Å². The van der Waals surface area contributed by atoms with Crippen molar-refractivity contribution in [1.29, 1.82) is 0 Å². The molecule has 2 rings (SSSR count). The van der Waals surface area contributed by atoms with E-state index in [9.17, 15) is 18.0 Å². The molecule has 2 aromatic rings. The Balaban J connectivity index is 2.00. The van der Waals surface area contributed by atoms with E-state index in [1.807, 2.05) is 0 Å². The van der Waals surface area contributed by atoms with Crippen molar-refractivity contribution in [3.05, 3.63) is 59.9 Å². The molecule has 0 saturated carbocycles. The van der Waals surface area contributed by atoms with Gasteiger partial charge in [0.15, 0.2) is 22.2 Å². The topological polar surface area (TPSA) is 90.4 Å². The molecule has 0 amide bonds. The van der Waals surface area contributed by atoms with Crippen LogP contribution in [0.25, 0.3) is 0 Å². The molecule has 114 valence electrons. The maximum Gasteiger partial charge on any atom is 0.357 e. The third-order valence-electron chi connectivity index (χ3n) is 2.81. The molecule has 0 saturated heterocycles. The molecule has 0 atom stereocenters. The number of hydrogen-bond donors (Lipinski definition) is 0. The summed E-state index contributed by atoms with van der Waals surface area (Å²) < 4.78 is 27.5. The highest BCUT2D eigenvalue weighted by Crippen LogP contribution is 2.11. The van der Waals surface area contributed by atoms with Crippen molar-refractivity contribution in [2.24, 2.45) is 0 Å². The quantitative estimate of drug-likeness (QED) is 0.613. The Labute approximate surface area is 127 Å². The third kappa shape index (κ3) is 3.98. The predicted molar refractivity (Wildman–Crippen MR) is 78.4 cm³/mol. The normalized spacial score (nSPS) is 11.0. The Morgan fingerprint density at radius 1 is 1.09 bits per heavy atom. The first kappa shape index (κ1) is 15.8. The van der Waals surface area contributed by atoms with Gasteiger partial charge in [0, 0.05) is 18.0 Å². The molecular weight excluding hydrogens is 306 g/mol. The fourth-order valence-corrected chi connectivity index (χ4v) is 2.29. The number of carbonyl (C=O) groups is 2. The van der Waals surface area contributed by atoms with Gasteiger partial charge in [-0.05, 0) is 36.4 Å². The summed E-state index contributed by atoms with van der Waals surface area (Å²) in [5.74, 6) is -1.12. The number of nitrogens with zero attached hydrogens (tertiary/aromatic N) is 1. The smallest absolute Gasteiger partial charge is 0.357 e. The highest BCUT2D eigenvalue weighted by atomic mass is 32.2. The minimum absolute atomic E-state index is 0.114. The van der Waals surface area contributed by atoms with E-state index in [1.165, 1.54) is 36.5 Å². The second-order valence-corrected chi connectivity index (χ2v) is 6.53. The molecule has 0 N–H and O–H groups in total. The van der Waals surface area contributed by atoms with Crippen molar-refractivity contribution in [3.8, 4) is 0 Å². The summed E-state index contributed by atoms with van der Waals surface area (Å²) in [7, 11) is -3.31. The zero-order chi connectivity index (χ0) is 16.2. The number of rotatable bonds is 5. The third-order valence-corrected chi connectivity index (χ3v) is 3.94. The number of pyridine rings is 1. The summed E-state index contributed by atoms with van der Waals surface area (Å²) in [6.07, 6.45) is 2.53. The van der Waals surface area contributed by atoms with Gasteiger partial charge < -0.3 is 4.74 Å². The standard InChI is InChI=1S/C15H13NO5S/c1-22(19,20)12-7-5-11(6-8-12)14(17)10-21-15(18)13-4-2-3-9-16-13/h2-9H,10H2,1H3. The van der Waals surface area contributed by atoms with Gasteiger partial charge in [-0.25, -0.2) is 18.2 Å². The Bertz CT molecular complexity index is 782. The summed E-state index contributed by atoms with van der Waals surface area (Å²) >= 11 is 0. The van der Waals surface area contributed by atoms with E-state index in [4.69, 9.17) is 4.74 Å². The molecule has 1 aromatic heterocycles. The molecule has 6 nitrogen and oxygen atoms in total. The second kappa shape index (κ2) is 6.48. The van der Waals surface area contributed by atoms with Gasteiger partial charge >= 0.3 is 5.97 Å². The summed E-state index contributed by atoms with van der Waals surface area (Å²) in [6, 6.07) is 10.2. The molecule has 0 bridgehead atoms. The molecule has 0 radical (unpaired) electrons. The lowest BCUT2D eigenvalue weighted by atomic mass is 10.1. The minimum Gasteiger partial charge on any atom is -0.453 e. The van der Waals surface area contributed by atoms with Crippen molar-refractivity contribution < 1.29 is 22.7 Å². The van der Waals surface area contributed by atoms with Gasteiger partial charge in [0.05, 0.1) is 4.90 Å². The van der Waals surface area contributed by atoms with Crippen LogP contribution in [-0.2, 0) is 14.6 Å². The summed E-state index contributed by atoms with van der Waals surface area (Å²) in [4.78, 5) is 27.5. The van der Waals surface area contributed by atoms with Crippen LogP contribution in [0.15, 0.2) is 53.6 Å². The average molecular weight is 319 g/mol. The molecule has 0 unspecified atom stereocenters. The van der Waals surface area contributed by atoms with Crippen LogP contribution in [0.2, 0.25) is 0 Å². The maximum absolute atomic E-state index is 11.9. The number of ether oxygens (including phenoxy) is 1. The number of aromatic nitrogens is 1. The number of esters is 1. The molecule has 7 heteroatoms. The fraction of sp³-hybridized carbons (Fsp3) is 0.133. The van der Waals surface area contributed by atoms with Crippen LogP contribution in [0.4, 0.5) is 0 Å². The van der Waals surface area contributed by atoms with Crippen LogP contribution in [0, 0.1) is 0 Å². The molecule has 1 heterocycles. The number of hydrogen-bond acceptors (Lipinski definition) is 6. The largest absolute Gasteiger partial charge is 0.453 e. The first-order valence-electron chi connectivity index (χ1n) is 6.29. The van der Waals surface area contributed by atoms with Crippen LogP contribution < -0.4 is 0 Å². The fourth-order valence-electron chi connectivity index (χ4n) is 1.66. The predicted octanol–water partition coefficient (Wildman–Crippen LogP) is 1.52. The van der Waals surface area contributed by atoms with Gasteiger partial charge in [0.2, 0.25) is 0 Å². The highest BCUT2D eigenvalue weighted by Gasteiger charge is 2.13. The maximum atomic E-state index is 11.9. The van der Waals surface area contributed by atoms with Crippen molar-refractivity contribution in [3.63, 3.8) is 0 Å². The Morgan fingerprint density at radius 3 is 2.32 bits per heavy atom. The number of ketones is 1. The SMILES string of the molecule is CS(=O)(=O)c1ccc(C(=O)COC(=O)c2ccccn2)cc1. The zero-order valence-electron chi connectivity index (χ0n) is 11.7. The average Bonchev–Trinajstić information content (AvgIpc) is 2.52. The summed E-state index contributed by atoms with van der Waals surface area (Å²) in [6.45, 7) is -0.437. The lowest BCUT2D eigenvalue weighted by molar-refractivity contribution is 0.0469. The number of sulfone groups is 1. The molecule has 0 fully saturated rings. The van der Waals surface area contributed by atoms with Crippen LogP contribution >= 0.6 is 0 Å². The number of carbonyl (C=O) groups excluding carboxylic acids is 2. The lowest BCUT2D eigenvalue weighted by Gasteiger charge is -2.04. The van der Waals surface area contributed by atoms with E-state index in [0.29, 0.717) is 0 Å². The number of Topliss-reactive ketones (excluding diaryl/α,β-unsaturated/α-hetero) is 1. The molecule has 0 aliphatic carbocycles. The number of benzene rings is 1. The molecule has 1 aromatic carbocycles. The second-order valence-electron chi connectivity index (χ2n) is 4.51. The molecule has 22 heavy (non-hydrogen) atoms. The van der Waals surface area contributed by atoms with Crippen molar-refractivity contribution in [2.75, 3.05) is 12.9 Å². The lowest BCUT2D eigenvalue weighted by Crippen LogP contribution is -2.15. The molecule has 0 aliphatic rings. The molecule has 0 spiro atoms. The van der Waals surface area contributed by atoms with Crippen LogP contribution in [0.3, 0.4) is 0 Å². The Morgan fingerprint density at radius 2 is 1.77 bits per heavy atom. The molecular formula is C15H13NO5S. The summed E-state index contributed by atoms with van der Waals surface area (Å²) in [5.41, 5.74) is 0.379. The first-order chi connectivity index (χ1) is 10.4. The summed E-state index contributed by atoms with van der Waals surface area (Å²) in [5, 5.41) is 0. The van der Waals surface area contributed by atoms with Gasteiger partial charge in [0.1, 0.15) is 5.69 Å². The Hall–Kier alpha value is -2.54. The van der Waals surface area contributed by atoms with E-state index in [0.717, 1.165) is 6.26 Å². The van der Waals surface area contributed by atoms with Gasteiger partial charge in [-0.3, -0.25) is 4.79 Å².